The highest BCUT2D eigenvalue weighted by Gasteiger charge is 2.15. The van der Waals surface area contributed by atoms with E-state index >= 15 is 0 Å². The molecule has 1 heterocycles. The highest BCUT2D eigenvalue weighted by atomic mass is 15.1. The van der Waals surface area contributed by atoms with E-state index in [1.807, 2.05) is 11.6 Å². The molecule has 116 valence electrons. The average molecular weight is 277 g/mol. The molecule has 0 aromatic rings. The quantitative estimate of drug-likeness (QED) is 0.364. The molecule has 1 rings (SSSR count). The molecule has 1 aliphatic rings. The first-order valence-corrected chi connectivity index (χ1v) is 8.84. The predicted molar refractivity (Wildman–Crippen MR) is 91.2 cm³/mol. The number of hydrogen-bond acceptors (Lipinski definition) is 1. The second-order valence-corrected chi connectivity index (χ2v) is 6.21. The maximum absolute atomic E-state index is 3.86. The smallest absolute Gasteiger partial charge is 0.0160 e. The van der Waals surface area contributed by atoms with E-state index in [2.05, 4.69) is 25.3 Å². The van der Waals surface area contributed by atoms with Crippen LogP contribution >= 0.6 is 0 Å². The van der Waals surface area contributed by atoms with Gasteiger partial charge in [0.05, 0.1) is 0 Å². The Bertz CT molecular complexity index is 268. The number of hydrogen-bond donors (Lipinski definition) is 0. The van der Waals surface area contributed by atoms with Gasteiger partial charge < -0.3 is 0 Å². The third-order valence-corrected chi connectivity index (χ3v) is 4.51. The van der Waals surface area contributed by atoms with Crippen LogP contribution in [0.15, 0.2) is 23.8 Å². The maximum Gasteiger partial charge on any atom is 0.0160 e. The molecule has 0 aliphatic carbocycles. The van der Waals surface area contributed by atoms with Gasteiger partial charge in [-0.15, -0.1) is 6.58 Å². The summed E-state index contributed by atoms with van der Waals surface area (Å²) in [6, 6.07) is 0. The Labute approximate surface area is 127 Å². The minimum Gasteiger partial charge on any atom is -0.299 e. The standard InChI is InChI=1S/C19H35N/c1-4-7-9-11-18(12-10-8-5-2)19-13-16-20(15-6-3)17-14-19/h6H,3-5,7-17H2,1-2H3. The Morgan fingerprint density at radius 2 is 1.55 bits per heavy atom. The molecule has 0 unspecified atom stereocenters. The monoisotopic (exact) mass is 277 g/mol. The van der Waals surface area contributed by atoms with E-state index < -0.39 is 0 Å². The van der Waals surface area contributed by atoms with E-state index in [0.29, 0.717) is 0 Å². The predicted octanol–water partition coefficient (Wildman–Crippen LogP) is 5.73. The molecular formula is C19H35N. The summed E-state index contributed by atoms with van der Waals surface area (Å²) in [6.07, 6.45) is 15.7. The van der Waals surface area contributed by atoms with Gasteiger partial charge in [0, 0.05) is 19.6 Å². The lowest BCUT2D eigenvalue weighted by molar-refractivity contribution is 0.281. The molecule has 0 aromatic heterocycles. The number of allylic oxidation sites excluding steroid dienone is 1. The Morgan fingerprint density at radius 1 is 1.00 bits per heavy atom. The Kier molecular flexibility index (Phi) is 9.74. The van der Waals surface area contributed by atoms with Gasteiger partial charge in [0.25, 0.3) is 0 Å². The fraction of sp³-hybridized carbons (Fsp3) is 0.789. The van der Waals surface area contributed by atoms with Gasteiger partial charge >= 0.3 is 0 Å². The van der Waals surface area contributed by atoms with E-state index in [0.717, 1.165) is 6.54 Å². The molecule has 0 radical (unpaired) electrons. The molecule has 0 spiro atoms. The van der Waals surface area contributed by atoms with Crippen LogP contribution in [0.4, 0.5) is 0 Å². The van der Waals surface area contributed by atoms with Crippen molar-refractivity contribution in [2.45, 2.75) is 78.1 Å². The van der Waals surface area contributed by atoms with Gasteiger partial charge in [0.2, 0.25) is 0 Å². The molecule has 0 amide bonds. The number of nitrogens with zero attached hydrogens (tertiary/aromatic N) is 1. The van der Waals surface area contributed by atoms with Crippen molar-refractivity contribution in [1.82, 2.24) is 4.90 Å². The molecule has 1 nitrogen and oxygen atoms in total. The SMILES string of the molecule is C=CCN1CCC(=C(CCCCC)CCCCC)CC1. The van der Waals surface area contributed by atoms with Crippen LogP contribution in [0.1, 0.15) is 78.1 Å². The molecule has 1 saturated heterocycles. The highest BCUT2D eigenvalue weighted by Crippen LogP contribution is 2.27. The molecule has 1 heteroatoms. The number of unbranched alkanes of at least 4 members (excludes halogenated alkanes) is 4. The third-order valence-electron chi connectivity index (χ3n) is 4.51. The van der Waals surface area contributed by atoms with Crippen molar-refractivity contribution in [2.24, 2.45) is 0 Å². The molecule has 1 fully saturated rings. The van der Waals surface area contributed by atoms with Crippen molar-refractivity contribution >= 4 is 0 Å². The lowest BCUT2D eigenvalue weighted by atomic mass is 9.91. The Balaban J connectivity index is 2.50. The number of piperidine rings is 1. The van der Waals surface area contributed by atoms with Gasteiger partial charge in [-0.25, -0.2) is 0 Å². The summed E-state index contributed by atoms with van der Waals surface area (Å²) >= 11 is 0. The number of likely N-dealkylation sites (tertiary alicyclic amines) is 1. The summed E-state index contributed by atoms with van der Waals surface area (Å²) in [7, 11) is 0. The first kappa shape index (κ1) is 17.5. The normalized spacial score (nSPS) is 16.4. The molecule has 0 bridgehead atoms. The molecule has 0 atom stereocenters. The van der Waals surface area contributed by atoms with Gasteiger partial charge in [-0.3, -0.25) is 4.90 Å². The summed E-state index contributed by atoms with van der Waals surface area (Å²) in [5.74, 6) is 0. The van der Waals surface area contributed by atoms with E-state index in [9.17, 15) is 0 Å². The number of rotatable bonds is 10. The summed E-state index contributed by atoms with van der Waals surface area (Å²) < 4.78 is 0. The van der Waals surface area contributed by atoms with Crippen LogP contribution in [0.2, 0.25) is 0 Å². The summed E-state index contributed by atoms with van der Waals surface area (Å²) in [5.41, 5.74) is 3.63. The first-order valence-electron chi connectivity index (χ1n) is 8.84. The second-order valence-electron chi connectivity index (χ2n) is 6.21. The molecule has 0 N–H and O–H groups in total. The van der Waals surface area contributed by atoms with Crippen molar-refractivity contribution < 1.29 is 0 Å². The van der Waals surface area contributed by atoms with Crippen LogP contribution in [-0.4, -0.2) is 24.5 Å². The van der Waals surface area contributed by atoms with Crippen LogP contribution in [-0.2, 0) is 0 Å². The average Bonchev–Trinajstić information content (AvgIpc) is 2.47. The molecule has 0 saturated carbocycles. The summed E-state index contributed by atoms with van der Waals surface area (Å²) in [4.78, 5) is 2.53. The minimum absolute atomic E-state index is 1.06. The van der Waals surface area contributed by atoms with Gasteiger partial charge in [-0.1, -0.05) is 56.8 Å². The van der Waals surface area contributed by atoms with Gasteiger partial charge in [0.15, 0.2) is 0 Å². The van der Waals surface area contributed by atoms with Crippen molar-refractivity contribution in [3.8, 4) is 0 Å². The van der Waals surface area contributed by atoms with E-state index in [1.165, 1.54) is 77.3 Å². The van der Waals surface area contributed by atoms with E-state index in [4.69, 9.17) is 0 Å². The fourth-order valence-corrected chi connectivity index (χ4v) is 3.20. The zero-order chi connectivity index (χ0) is 14.6. The van der Waals surface area contributed by atoms with Crippen molar-refractivity contribution in [2.75, 3.05) is 19.6 Å². The first-order chi connectivity index (χ1) is 9.81. The van der Waals surface area contributed by atoms with E-state index in [1.54, 1.807) is 5.57 Å². The lowest BCUT2D eigenvalue weighted by Gasteiger charge is -2.29. The molecule has 1 aliphatic heterocycles. The second kappa shape index (κ2) is 11.1. The summed E-state index contributed by atoms with van der Waals surface area (Å²) in [6.45, 7) is 12.0. The Morgan fingerprint density at radius 3 is 2.00 bits per heavy atom. The van der Waals surface area contributed by atoms with Gasteiger partial charge in [-0.2, -0.15) is 0 Å². The molecule has 20 heavy (non-hydrogen) atoms. The van der Waals surface area contributed by atoms with Crippen molar-refractivity contribution in [3.63, 3.8) is 0 Å². The summed E-state index contributed by atoms with van der Waals surface area (Å²) in [5, 5.41) is 0. The zero-order valence-corrected chi connectivity index (χ0v) is 13.9. The zero-order valence-electron chi connectivity index (χ0n) is 13.9. The van der Waals surface area contributed by atoms with Gasteiger partial charge in [-0.05, 0) is 38.5 Å². The lowest BCUT2D eigenvalue weighted by Crippen LogP contribution is -2.31. The Hall–Kier alpha value is -0.560. The van der Waals surface area contributed by atoms with Gasteiger partial charge in [0.1, 0.15) is 0 Å². The minimum atomic E-state index is 1.06. The van der Waals surface area contributed by atoms with Crippen molar-refractivity contribution in [3.05, 3.63) is 23.8 Å². The largest absolute Gasteiger partial charge is 0.299 e. The molecular weight excluding hydrogens is 242 g/mol. The van der Waals surface area contributed by atoms with Crippen LogP contribution < -0.4 is 0 Å². The third kappa shape index (κ3) is 6.74. The fourth-order valence-electron chi connectivity index (χ4n) is 3.20. The van der Waals surface area contributed by atoms with Crippen LogP contribution in [0.5, 0.6) is 0 Å². The van der Waals surface area contributed by atoms with Crippen LogP contribution in [0.3, 0.4) is 0 Å². The maximum atomic E-state index is 3.86. The molecule has 0 aromatic carbocycles. The topological polar surface area (TPSA) is 3.24 Å². The van der Waals surface area contributed by atoms with Crippen molar-refractivity contribution in [1.29, 1.82) is 0 Å². The van der Waals surface area contributed by atoms with E-state index in [-0.39, 0.29) is 0 Å². The highest BCUT2D eigenvalue weighted by molar-refractivity contribution is 5.17. The van der Waals surface area contributed by atoms with Crippen LogP contribution in [0.25, 0.3) is 0 Å². The van der Waals surface area contributed by atoms with Crippen LogP contribution in [0, 0.1) is 0 Å².